The first-order chi connectivity index (χ1) is 16.7. The fraction of sp³-hybridized carbons (Fsp3) is 0.250. The van der Waals surface area contributed by atoms with Gasteiger partial charge in [-0.05, 0) is 48.0 Å². The first-order valence-corrected chi connectivity index (χ1v) is 10.8. The SMILES string of the molecule is O=c1ccc(-c2nc(-c3ccc(OCF)cc3)no2)nn1Cc1cccc(N2CCOCC2)c1. The van der Waals surface area contributed by atoms with Crippen molar-refractivity contribution < 1.29 is 18.4 Å². The van der Waals surface area contributed by atoms with E-state index in [4.69, 9.17) is 14.0 Å². The average Bonchev–Trinajstić information content (AvgIpc) is 3.37. The zero-order valence-corrected chi connectivity index (χ0v) is 18.3. The van der Waals surface area contributed by atoms with Gasteiger partial charge in [-0.2, -0.15) is 10.1 Å². The van der Waals surface area contributed by atoms with E-state index in [1.54, 1.807) is 30.3 Å². The molecular formula is C24H22FN5O4. The Morgan fingerprint density at radius 1 is 1.03 bits per heavy atom. The van der Waals surface area contributed by atoms with Gasteiger partial charge in [-0.25, -0.2) is 9.07 Å². The zero-order chi connectivity index (χ0) is 23.3. The van der Waals surface area contributed by atoms with Crippen molar-refractivity contribution in [3.05, 3.63) is 76.6 Å². The number of aromatic nitrogens is 4. The highest BCUT2D eigenvalue weighted by Gasteiger charge is 2.15. The minimum atomic E-state index is -0.898. The van der Waals surface area contributed by atoms with Gasteiger partial charge in [0.25, 0.3) is 11.4 Å². The molecule has 174 valence electrons. The Morgan fingerprint density at radius 2 is 1.85 bits per heavy atom. The fourth-order valence-corrected chi connectivity index (χ4v) is 3.73. The summed E-state index contributed by atoms with van der Waals surface area (Å²) < 4.78 is 29.3. The molecule has 0 radical (unpaired) electrons. The van der Waals surface area contributed by atoms with Crippen LogP contribution in [0.4, 0.5) is 10.1 Å². The molecule has 0 unspecified atom stereocenters. The normalized spacial score (nSPS) is 13.7. The maximum Gasteiger partial charge on any atom is 0.278 e. The van der Waals surface area contributed by atoms with E-state index < -0.39 is 6.86 Å². The van der Waals surface area contributed by atoms with E-state index in [0.29, 0.717) is 42.6 Å². The number of alkyl halides is 1. The molecule has 1 fully saturated rings. The van der Waals surface area contributed by atoms with Crippen LogP contribution in [-0.2, 0) is 11.3 Å². The van der Waals surface area contributed by atoms with E-state index in [9.17, 15) is 9.18 Å². The molecule has 2 aromatic carbocycles. The van der Waals surface area contributed by atoms with Crippen molar-refractivity contribution in [2.24, 2.45) is 0 Å². The molecule has 10 heteroatoms. The van der Waals surface area contributed by atoms with Crippen molar-refractivity contribution in [3.63, 3.8) is 0 Å². The molecule has 1 aliphatic heterocycles. The van der Waals surface area contributed by atoms with Gasteiger partial charge in [-0.15, -0.1) is 0 Å². The Balaban J connectivity index is 1.36. The second kappa shape index (κ2) is 9.84. The first-order valence-electron chi connectivity index (χ1n) is 10.8. The minimum absolute atomic E-state index is 0.190. The van der Waals surface area contributed by atoms with E-state index in [0.717, 1.165) is 24.3 Å². The molecule has 1 saturated heterocycles. The van der Waals surface area contributed by atoms with E-state index in [1.165, 1.54) is 10.7 Å². The summed E-state index contributed by atoms with van der Waals surface area (Å²) in [6, 6.07) is 17.7. The lowest BCUT2D eigenvalue weighted by atomic mass is 10.2. The van der Waals surface area contributed by atoms with Crippen molar-refractivity contribution in [3.8, 4) is 28.7 Å². The van der Waals surface area contributed by atoms with Crippen molar-refractivity contribution in [1.82, 2.24) is 19.9 Å². The molecule has 0 aliphatic carbocycles. The Bertz CT molecular complexity index is 1320. The summed E-state index contributed by atoms with van der Waals surface area (Å²) in [5.74, 6) is 0.941. The number of nitrogens with zero attached hydrogens (tertiary/aromatic N) is 5. The summed E-state index contributed by atoms with van der Waals surface area (Å²) in [7, 11) is 0. The summed E-state index contributed by atoms with van der Waals surface area (Å²) in [5.41, 5.74) is 2.88. The number of hydrogen-bond donors (Lipinski definition) is 0. The monoisotopic (exact) mass is 463 g/mol. The largest absolute Gasteiger partial charge is 0.463 e. The molecule has 0 saturated carbocycles. The van der Waals surface area contributed by atoms with Gasteiger partial charge in [0.15, 0.2) is 0 Å². The molecule has 1 aliphatic rings. The highest BCUT2D eigenvalue weighted by atomic mass is 19.1. The standard InChI is InChI=1S/C24H22FN5O4/c25-16-33-20-6-4-18(5-7-20)23-26-24(34-28-23)21-8-9-22(31)30(27-21)15-17-2-1-3-19(14-17)29-10-12-32-13-11-29/h1-9,14H,10-13,15-16H2. The first kappa shape index (κ1) is 21.8. The predicted octanol–water partition coefficient (Wildman–Crippen LogP) is 3.15. The predicted molar refractivity (Wildman–Crippen MR) is 122 cm³/mol. The summed E-state index contributed by atoms with van der Waals surface area (Å²) >= 11 is 0. The van der Waals surface area contributed by atoms with E-state index in [1.807, 2.05) is 12.1 Å². The van der Waals surface area contributed by atoms with Crippen molar-refractivity contribution in [2.75, 3.05) is 38.1 Å². The van der Waals surface area contributed by atoms with Crippen LogP contribution in [-0.4, -0.2) is 53.1 Å². The molecule has 0 spiro atoms. The number of hydrogen-bond acceptors (Lipinski definition) is 8. The molecule has 0 bridgehead atoms. The van der Waals surface area contributed by atoms with Crippen molar-refractivity contribution in [1.29, 1.82) is 0 Å². The molecule has 3 heterocycles. The zero-order valence-electron chi connectivity index (χ0n) is 18.3. The number of morpholine rings is 1. The average molecular weight is 463 g/mol. The quantitative estimate of drug-likeness (QED) is 0.413. The highest BCUT2D eigenvalue weighted by Crippen LogP contribution is 2.23. The second-order valence-corrected chi connectivity index (χ2v) is 7.68. The van der Waals surface area contributed by atoms with Crippen LogP contribution in [0.3, 0.4) is 0 Å². The van der Waals surface area contributed by atoms with Crippen LogP contribution >= 0.6 is 0 Å². The van der Waals surface area contributed by atoms with Crippen molar-refractivity contribution >= 4 is 5.69 Å². The maximum atomic E-state index is 12.5. The van der Waals surface area contributed by atoms with Crippen LogP contribution in [0.15, 0.2) is 70.0 Å². The number of rotatable bonds is 7. The van der Waals surface area contributed by atoms with Crippen LogP contribution in [0.5, 0.6) is 5.75 Å². The smallest absolute Gasteiger partial charge is 0.278 e. The molecule has 9 nitrogen and oxygen atoms in total. The summed E-state index contributed by atoms with van der Waals surface area (Å²) in [6.07, 6.45) is 0. The van der Waals surface area contributed by atoms with E-state index >= 15 is 0 Å². The Hall–Kier alpha value is -4.05. The van der Waals surface area contributed by atoms with Crippen LogP contribution in [0.2, 0.25) is 0 Å². The Labute approximate surface area is 194 Å². The molecule has 5 rings (SSSR count). The maximum absolute atomic E-state index is 12.5. The molecular weight excluding hydrogens is 441 g/mol. The molecule has 0 amide bonds. The minimum Gasteiger partial charge on any atom is -0.463 e. The third kappa shape index (κ3) is 4.81. The van der Waals surface area contributed by atoms with Gasteiger partial charge < -0.3 is 18.9 Å². The van der Waals surface area contributed by atoms with Crippen LogP contribution in [0, 0.1) is 0 Å². The van der Waals surface area contributed by atoms with Gasteiger partial charge in [-0.1, -0.05) is 17.3 Å². The number of anilines is 1. The van der Waals surface area contributed by atoms with Gasteiger partial charge in [-0.3, -0.25) is 4.79 Å². The lowest BCUT2D eigenvalue weighted by Crippen LogP contribution is -2.36. The molecule has 34 heavy (non-hydrogen) atoms. The summed E-state index contributed by atoms with van der Waals surface area (Å²) in [6.45, 7) is 2.49. The van der Waals surface area contributed by atoms with Crippen LogP contribution in [0.25, 0.3) is 23.0 Å². The lowest BCUT2D eigenvalue weighted by molar-refractivity contribution is 0.122. The van der Waals surface area contributed by atoms with Crippen LogP contribution < -0.4 is 15.2 Å². The lowest BCUT2D eigenvalue weighted by Gasteiger charge is -2.29. The molecule has 2 aromatic heterocycles. The highest BCUT2D eigenvalue weighted by molar-refractivity contribution is 5.58. The summed E-state index contributed by atoms with van der Waals surface area (Å²) in [5, 5.41) is 8.43. The number of halogens is 1. The summed E-state index contributed by atoms with van der Waals surface area (Å²) in [4.78, 5) is 19.1. The van der Waals surface area contributed by atoms with Gasteiger partial charge in [0.05, 0.1) is 19.8 Å². The van der Waals surface area contributed by atoms with Gasteiger partial charge in [0.1, 0.15) is 11.4 Å². The topological polar surface area (TPSA) is 95.5 Å². The number of ether oxygens (including phenoxy) is 2. The Kier molecular flexibility index (Phi) is 6.30. The van der Waals surface area contributed by atoms with Gasteiger partial charge in [0.2, 0.25) is 12.7 Å². The fourth-order valence-electron chi connectivity index (χ4n) is 3.73. The molecule has 4 aromatic rings. The van der Waals surface area contributed by atoms with E-state index in [-0.39, 0.29) is 11.4 Å². The number of benzene rings is 2. The molecule has 0 N–H and O–H groups in total. The second-order valence-electron chi connectivity index (χ2n) is 7.68. The Morgan fingerprint density at radius 3 is 2.65 bits per heavy atom. The third-order valence-electron chi connectivity index (χ3n) is 5.46. The van der Waals surface area contributed by atoms with E-state index in [2.05, 4.69) is 32.3 Å². The van der Waals surface area contributed by atoms with Crippen molar-refractivity contribution in [2.45, 2.75) is 6.54 Å². The molecule has 0 atom stereocenters. The van der Waals surface area contributed by atoms with Gasteiger partial charge in [0, 0.05) is 30.4 Å². The van der Waals surface area contributed by atoms with Gasteiger partial charge >= 0.3 is 0 Å². The third-order valence-corrected chi connectivity index (χ3v) is 5.46. The van der Waals surface area contributed by atoms with Crippen LogP contribution in [0.1, 0.15) is 5.56 Å².